The molecule has 0 spiro atoms. The number of aliphatic hydroxyl groups excluding tert-OH is 2. The van der Waals surface area contributed by atoms with E-state index in [0.29, 0.717) is 5.52 Å². The highest BCUT2D eigenvalue weighted by molar-refractivity contribution is 5.65. The lowest BCUT2D eigenvalue weighted by Crippen LogP contribution is -2.48. The van der Waals surface area contributed by atoms with Crippen molar-refractivity contribution in [3.63, 3.8) is 0 Å². The Morgan fingerprint density at radius 2 is 2.38 bits per heavy atom. The molecule has 2 aromatic heterocycles. The number of nitrogens with zero attached hydrogens (tertiary/aromatic N) is 4. The van der Waals surface area contributed by atoms with Crippen LogP contribution in [0.15, 0.2) is 18.5 Å². The van der Waals surface area contributed by atoms with Gasteiger partial charge in [-0.1, -0.05) is 0 Å². The van der Waals surface area contributed by atoms with E-state index >= 15 is 4.39 Å². The number of halogens is 1. The maximum atomic E-state index is 15.2. The number of hydrogen-bond donors (Lipinski definition) is 3. The van der Waals surface area contributed by atoms with E-state index in [-0.39, 0.29) is 11.5 Å². The van der Waals surface area contributed by atoms with E-state index in [1.807, 2.05) is 0 Å². The van der Waals surface area contributed by atoms with Crippen LogP contribution in [0, 0.1) is 11.3 Å². The molecule has 1 aliphatic heterocycles. The molecular formula is C12H12FN5O3. The summed E-state index contributed by atoms with van der Waals surface area (Å²) < 4.78 is 21.5. The Kier molecular flexibility index (Phi) is 2.84. The highest BCUT2D eigenvalue weighted by Gasteiger charge is 2.61. The maximum Gasteiger partial charge on any atom is 0.206 e. The minimum atomic E-state index is -2.40. The second-order valence-corrected chi connectivity index (χ2v) is 4.87. The van der Waals surface area contributed by atoms with E-state index in [1.165, 1.54) is 16.6 Å². The molecule has 3 heterocycles. The number of anilines is 1. The third-order valence-electron chi connectivity index (χ3n) is 3.75. The summed E-state index contributed by atoms with van der Waals surface area (Å²) in [6, 6.07) is 4.52. The summed E-state index contributed by atoms with van der Waals surface area (Å²) in [7, 11) is 0. The van der Waals surface area contributed by atoms with Crippen molar-refractivity contribution in [3.05, 3.63) is 24.2 Å². The number of nitrogens with two attached hydrogens (primary N) is 1. The summed E-state index contributed by atoms with van der Waals surface area (Å²) >= 11 is 0. The molecule has 9 heteroatoms. The van der Waals surface area contributed by atoms with E-state index in [9.17, 15) is 10.2 Å². The van der Waals surface area contributed by atoms with Gasteiger partial charge in [-0.05, 0) is 12.1 Å². The molecule has 21 heavy (non-hydrogen) atoms. The number of aromatic nitrogens is 3. The van der Waals surface area contributed by atoms with E-state index in [0.717, 1.165) is 6.33 Å². The largest absolute Gasteiger partial charge is 0.392 e. The van der Waals surface area contributed by atoms with Crippen molar-refractivity contribution < 1.29 is 19.3 Å². The molecule has 0 amide bonds. The zero-order valence-corrected chi connectivity index (χ0v) is 10.8. The summed E-state index contributed by atoms with van der Waals surface area (Å²) in [5.41, 5.74) is 1.62. The smallest absolute Gasteiger partial charge is 0.206 e. The van der Waals surface area contributed by atoms with Gasteiger partial charge in [-0.2, -0.15) is 10.4 Å². The lowest BCUT2D eigenvalue weighted by Gasteiger charge is -2.26. The zero-order valence-electron chi connectivity index (χ0n) is 10.8. The Morgan fingerprint density at radius 1 is 1.62 bits per heavy atom. The number of rotatable bonds is 2. The van der Waals surface area contributed by atoms with Gasteiger partial charge in [-0.25, -0.2) is 13.9 Å². The Bertz CT molecular complexity index is 744. The van der Waals surface area contributed by atoms with Crippen molar-refractivity contribution in [1.82, 2.24) is 14.6 Å². The van der Waals surface area contributed by atoms with Crippen LogP contribution in [0.5, 0.6) is 0 Å². The lowest BCUT2D eigenvalue weighted by atomic mass is 9.88. The van der Waals surface area contributed by atoms with Crippen LogP contribution < -0.4 is 5.73 Å². The number of aliphatic hydroxyl groups is 2. The summed E-state index contributed by atoms with van der Waals surface area (Å²) in [5.74, 6) is 0.155. The molecule has 4 N–H and O–H groups in total. The predicted octanol–water partition coefficient (Wildman–Crippen LogP) is -0.878. The van der Waals surface area contributed by atoms with Crippen LogP contribution in [0.4, 0.5) is 10.2 Å². The normalized spacial score (nSPS) is 32.4. The van der Waals surface area contributed by atoms with Gasteiger partial charge in [0.2, 0.25) is 11.3 Å². The van der Waals surface area contributed by atoms with Crippen LogP contribution >= 0.6 is 0 Å². The van der Waals surface area contributed by atoms with Gasteiger partial charge in [0.25, 0.3) is 0 Å². The Hall–Kier alpha value is -2.28. The number of alkyl halides is 1. The average Bonchev–Trinajstić information content (AvgIpc) is 3.03. The average molecular weight is 293 g/mol. The van der Waals surface area contributed by atoms with Crippen LogP contribution in [-0.4, -0.2) is 49.7 Å². The molecule has 3 rings (SSSR count). The summed E-state index contributed by atoms with van der Waals surface area (Å²) in [4.78, 5) is 3.79. The fourth-order valence-corrected chi connectivity index (χ4v) is 2.50. The highest BCUT2D eigenvalue weighted by Crippen LogP contribution is 2.43. The van der Waals surface area contributed by atoms with Crippen molar-refractivity contribution in [3.8, 4) is 6.07 Å². The zero-order chi connectivity index (χ0) is 15.3. The fourth-order valence-electron chi connectivity index (χ4n) is 2.50. The molecule has 2 aromatic rings. The van der Waals surface area contributed by atoms with Crippen LogP contribution in [-0.2, 0) is 10.4 Å². The van der Waals surface area contributed by atoms with Crippen LogP contribution in [0.3, 0.4) is 0 Å². The van der Waals surface area contributed by atoms with Gasteiger partial charge in [-0.15, -0.1) is 0 Å². The van der Waals surface area contributed by atoms with Crippen LogP contribution in [0.25, 0.3) is 5.52 Å². The molecule has 3 atom stereocenters. The second kappa shape index (κ2) is 4.36. The fraction of sp³-hybridized carbons (Fsp3) is 0.417. The van der Waals surface area contributed by atoms with Crippen molar-refractivity contribution in [1.29, 1.82) is 5.26 Å². The SMILES string of the molecule is N#C[C@]1(CO)OC[C@@](F)(c2ccc3c(N)ncnn23)[C@@H]1O. The van der Waals surface area contributed by atoms with Gasteiger partial charge in [0, 0.05) is 0 Å². The molecular weight excluding hydrogens is 281 g/mol. The number of hydrogen-bond acceptors (Lipinski definition) is 7. The monoisotopic (exact) mass is 293 g/mol. The van der Waals surface area contributed by atoms with Gasteiger partial charge in [-0.3, -0.25) is 0 Å². The summed E-state index contributed by atoms with van der Waals surface area (Å²) in [5, 5.41) is 32.4. The Labute approximate surface area is 118 Å². The molecule has 1 saturated heterocycles. The molecule has 0 saturated carbocycles. The van der Waals surface area contributed by atoms with Crippen molar-refractivity contribution in [2.75, 3.05) is 18.9 Å². The number of fused-ring (bicyclic) bond motifs is 1. The third kappa shape index (κ3) is 1.64. The number of ether oxygens (including phenoxy) is 1. The topological polar surface area (TPSA) is 130 Å². The summed E-state index contributed by atoms with van der Waals surface area (Å²) in [6.45, 7) is -1.41. The lowest BCUT2D eigenvalue weighted by molar-refractivity contribution is -0.0610. The maximum absolute atomic E-state index is 15.2. The molecule has 8 nitrogen and oxygen atoms in total. The molecule has 110 valence electrons. The molecule has 0 unspecified atom stereocenters. The van der Waals surface area contributed by atoms with Crippen LogP contribution in [0.2, 0.25) is 0 Å². The number of nitriles is 1. The van der Waals surface area contributed by atoms with E-state index < -0.39 is 30.6 Å². The van der Waals surface area contributed by atoms with Gasteiger partial charge in [0.05, 0.1) is 18.9 Å². The van der Waals surface area contributed by atoms with E-state index in [1.54, 1.807) is 6.07 Å². The Morgan fingerprint density at radius 3 is 3.00 bits per heavy atom. The van der Waals surface area contributed by atoms with Crippen LogP contribution in [0.1, 0.15) is 5.69 Å². The molecule has 0 radical (unpaired) electrons. The molecule has 0 aliphatic carbocycles. The number of nitrogen functional groups attached to an aromatic ring is 1. The van der Waals surface area contributed by atoms with Crippen molar-refractivity contribution in [2.24, 2.45) is 0 Å². The molecule has 0 bridgehead atoms. The first-order chi connectivity index (χ1) is 9.98. The minimum absolute atomic E-state index is 0.0234. The minimum Gasteiger partial charge on any atom is -0.392 e. The van der Waals surface area contributed by atoms with Gasteiger partial charge in [0.15, 0.2) is 5.82 Å². The third-order valence-corrected chi connectivity index (χ3v) is 3.75. The van der Waals surface area contributed by atoms with Gasteiger partial charge >= 0.3 is 0 Å². The molecule has 0 aromatic carbocycles. The predicted molar refractivity (Wildman–Crippen MR) is 67.6 cm³/mol. The van der Waals surface area contributed by atoms with Crippen molar-refractivity contribution in [2.45, 2.75) is 17.4 Å². The first-order valence-electron chi connectivity index (χ1n) is 6.10. The van der Waals surface area contributed by atoms with Gasteiger partial charge in [0.1, 0.15) is 24.0 Å². The standard InChI is InChI=1S/C12H12FN5O3/c13-12(5-21-11(3-14,4-19)10(12)20)8-2-1-7-9(15)16-6-17-18(7)8/h1-2,6,10,19-20H,4-5H2,(H2,15,16,17)/t10-,11-,12-/m1/s1. The Balaban J connectivity index is 2.15. The van der Waals surface area contributed by atoms with Crippen molar-refractivity contribution >= 4 is 11.3 Å². The first kappa shape index (κ1) is 13.7. The first-order valence-corrected chi connectivity index (χ1v) is 6.10. The molecule has 1 aliphatic rings. The van der Waals surface area contributed by atoms with Gasteiger partial charge < -0.3 is 20.7 Å². The second-order valence-electron chi connectivity index (χ2n) is 4.87. The summed E-state index contributed by atoms with van der Waals surface area (Å²) in [6.07, 6.45) is -0.713. The van der Waals surface area contributed by atoms with E-state index in [2.05, 4.69) is 10.1 Å². The quantitative estimate of drug-likeness (QED) is 0.655. The molecule has 1 fully saturated rings. The van der Waals surface area contributed by atoms with E-state index in [4.69, 9.17) is 15.7 Å². The highest BCUT2D eigenvalue weighted by atomic mass is 19.1.